The standard InChI is InChI=1S/C16H22N4O2/c1-4-12-5-7-13(8-6-12)22-16-14(17)15(18-10-19-16)20-11(2)9-21-3/h5-8,10-11H,4,9,17H2,1-3H3,(H,18,19,20). The van der Waals surface area contributed by atoms with Crippen LogP contribution in [0.4, 0.5) is 11.5 Å². The SMILES string of the molecule is CCc1ccc(Oc2ncnc(NC(C)COC)c2N)cc1. The lowest BCUT2D eigenvalue weighted by Gasteiger charge is -2.16. The molecule has 0 amide bonds. The van der Waals surface area contributed by atoms with E-state index in [-0.39, 0.29) is 6.04 Å². The maximum absolute atomic E-state index is 6.08. The van der Waals surface area contributed by atoms with Crippen molar-refractivity contribution in [1.82, 2.24) is 9.97 Å². The topological polar surface area (TPSA) is 82.3 Å². The lowest BCUT2D eigenvalue weighted by atomic mass is 10.2. The average Bonchev–Trinajstić information content (AvgIpc) is 2.52. The molecule has 0 aliphatic rings. The fourth-order valence-corrected chi connectivity index (χ4v) is 2.01. The van der Waals surface area contributed by atoms with Gasteiger partial charge in [-0.2, -0.15) is 4.98 Å². The van der Waals surface area contributed by atoms with Crippen molar-refractivity contribution in [3.63, 3.8) is 0 Å². The van der Waals surface area contributed by atoms with Crippen molar-refractivity contribution in [3.05, 3.63) is 36.2 Å². The minimum Gasteiger partial charge on any atom is -0.437 e. The number of nitrogens with two attached hydrogens (primary N) is 1. The Hall–Kier alpha value is -2.34. The quantitative estimate of drug-likeness (QED) is 0.818. The Kier molecular flexibility index (Phi) is 5.55. The molecule has 6 heteroatoms. The van der Waals surface area contributed by atoms with Crippen LogP contribution >= 0.6 is 0 Å². The lowest BCUT2D eigenvalue weighted by molar-refractivity contribution is 0.190. The van der Waals surface area contributed by atoms with Gasteiger partial charge in [0.1, 0.15) is 17.8 Å². The highest BCUT2D eigenvalue weighted by Crippen LogP contribution is 2.29. The normalized spacial score (nSPS) is 12.0. The second-order valence-electron chi connectivity index (χ2n) is 5.04. The van der Waals surface area contributed by atoms with Crippen molar-refractivity contribution in [2.45, 2.75) is 26.3 Å². The highest BCUT2D eigenvalue weighted by molar-refractivity contribution is 5.67. The third-order valence-electron chi connectivity index (χ3n) is 3.19. The van der Waals surface area contributed by atoms with Gasteiger partial charge in [0.2, 0.25) is 5.88 Å². The fourth-order valence-electron chi connectivity index (χ4n) is 2.01. The van der Waals surface area contributed by atoms with Gasteiger partial charge in [-0.25, -0.2) is 4.98 Å². The number of hydrogen-bond acceptors (Lipinski definition) is 6. The van der Waals surface area contributed by atoms with E-state index in [9.17, 15) is 0 Å². The molecule has 0 bridgehead atoms. The van der Waals surface area contributed by atoms with E-state index in [4.69, 9.17) is 15.2 Å². The minimum atomic E-state index is 0.0823. The minimum absolute atomic E-state index is 0.0823. The Labute approximate surface area is 130 Å². The number of nitrogen functional groups attached to an aromatic ring is 1. The molecule has 0 aliphatic heterocycles. The maximum atomic E-state index is 6.08. The van der Waals surface area contributed by atoms with Crippen LogP contribution in [0.25, 0.3) is 0 Å². The van der Waals surface area contributed by atoms with Crippen molar-refractivity contribution in [2.75, 3.05) is 24.8 Å². The van der Waals surface area contributed by atoms with Gasteiger partial charge >= 0.3 is 0 Å². The van der Waals surface area contributed by atoms with Crippen LogP contribution in [0, 0.1) is 0 Å². The van der Waals surface area contributed by atoms with Crippen molar-refractivity contribution >= 4 is 11.5 Å². The number of aromatic nitrogens is 2. The zero-order valence-corrected chi connectivity index (χ0v) is 13.2. The number of methoxy groups -OCH3 is 1. The molecule has 0 aliphatic carbocycles. The zero-order chi connectivity index (χ0) is 15.9. The summed E-state index contributed by atoms with van der Waals surface area (Å²) in [5.41, 5.74) is 7.71. The van der Waals surface area contributed by atoms with Crippen LogP contribution < -0.4 is 15.8 Å². The van der Waals surface area contributed by atoms with Gasteiger partial charge in [-0.05, 0) is 31.0 Å². The number of nitrogens with zero attached hydrogens (tertiary/aromatic N) is 2. The van der Waals surface area contributed by atoms with Crippen molar-refractivity contribution in [2.24, 2.45) is 0 Å². The molecule has 22 heavy (non-hydrogen) atoms. The van der Waals surface area contributed by atoms with Crippen molar-refractivity contribution in [3.8, 4) is 11.6 Å². The summed E-state index contributed by atoms with van der Waals surface area (Å²) >= 11 is 0. The molecule has 1 heterocycles. The second kappa shape index (κ2) is 7.61. The van der Waals surface area contributed by atoms with Crippen LogP contribution in [0.2, 0.25) is 0 Å². The summed E-state index contributed by atoms with van der Waals surface area (Å²) < 4.78 is 10.8. The van der Waals surface area contributed by atoms with E-state index in [2.05, 4.69) is 22.2 Å². The van der Waals surface area contributed by atoms with Crippen molar-refractivity contribution in [1.29, 1.82) is 0 Å². The van der Waals surface area contributed by atoms with Gasteiger partial charge in [0.15, 0.2) is 5.82 Å². The number of nitrogens with one attached hydrogen (secondary N) is 1. The predicted octanol–water partition coefficient (Wildman–Crippen LogP) is 2.86. The first kappa shape index (κ1) is 16.0. The van der Waals surface area contributed by atoms with E-state index in [1.165, 1.54) is 11.9 Å². The van der Waals surface area contributed by atoms with Gasteiger partial charge in [-0.15, -0.1) is 0 Å². The number of aryl methyl sites for hydroxylation is 1. The second-order valence-corrected chi connectivity index (χ2v) is 5.04. The fraction of sp³-hybridized carbons (Fsp3) is 0.375. The Morgan fingerprint density at radius 3 is 2.59 bits per heavy atom. The van der Waals surface area contributed by atoms with E-state index in [0.717, 1.165) is 6.42 Å². The largest absolute Gasteiger partial charge is 0.437 e. The average molecular weight is 302 g/mol. The summed E-state index contributed by atoms with van der Waals surface area (Å²) in [5.74, 6) is 1.57. The highest BCUT2D eigenvalue weighted by atomic mass is 16.5. The summed E-state index contributed by atoms with van der Waals surface area (Å²) in [6.07, 6.45) is 2.41. The Balaban J connectivity index is 2.13. The molecule has 1 aromatic carbocycles. The van der Waals surface area contributed by atoms with Gasteiger partial charge in [0.25, 0.3) is 0 Å². The van der Waals surface area contributed by atoms with E-state index < -0.39 is 0 Å². The molecule has 1 unspecified atom stereocenters. The third-order valence-corrected chi connectivity index (χ3v) is 3.19. The Bertz CT molecular complexity index is 602. The van der Waals surface area contributed by atoms with Crippen LogP contribution in [0.15, 0.2) is 30.6 Å². The molecule has 2 rings (SSSR count). The summed E-state index contributed by atoms with van der Waals surface area (Å²) in [4.78, 5) is 8.25. The van der Waals surface area contributed by atoms with E-state index in [1.54, 1.807) is 7.11 Å². The van der Waals surface area contributed by atoms with E-state index >= 15 is 0 Å². The molecule has 1 aromatic heterocycles. The number of hydrogen-bond donors (Lipinski definition) is 2. The zero-order valence-electron chi connectivity index (χ0n) is 13.2. The molecule has 2 aromatic rings. The molecule has 118 valence electrons. The van der Waals surface area contributed by atoms with E-state index in [1.807, 2.05) is 31.2 Å². The van der Waals surface area contributed by atoms with Gasteiger partial charge in [0, 0.05) is 13.2 Å². The molecule has 0 saturated carbocycles. The molecule has 3 N–H and O–H groups in total. The first-order valence-electron chi connectivity index (χ1n) is 7.26. The summed E-state index contributed by atoms with van der Waals surface area (Å²) in [6.45, 7) is 4.64. The van der Waals surface area contributed by atoms with Gasteiger partial charge in [0.05, 0.1) is 6.61 Å². The van der Waals surface area contributed by atoms with Crippen LogP contribution in [-0.4, -0.2) is 29.7 Å². The molecule has 0 radical (unpaired) electrons. The van der Waals surface area contributed by atoms with Crippen LogP contribution in [-0.2, 0) is 11.2 Å². The lowest BCUT2D eigenvalue weighted by Crippen LogP contribution is -2.22. The first-order valence-corrected chi connectivity index (χ1v) is 7.26. The Morgan fingerprint density at radius 2 is 1.95 bits per heavy atom. The van der Waals surface area contributed by atoms with Gasteiger partial charge in [-0.1, -0.05) is 19.1 Å². The monoisotopic (exact) mass is 302 g/mol. The van der Waals surface area contributed by atoms with Gasteiger partial charge < -0.3 is 20.5 Å². The molecule has 0 fully saturated rings. The third kappa shape index (κ3) is 4.08. The summed E-state index contributed by atoms with van der Waals surface area (Å²) in [7, 11) is 1.65. The molecular weight excluding hydrogens is 280 g/mol. The Morgan fingerprint density at radius 1 is 1.23 bits per heavy atom. The van der Waals surface area contributed by atoms with E-state index in [0.29, 0.717) is 29.7 Å². The molecule has 1 atom stereocenters. The number of rotatable bonds is 7. The van der Waals surface area contributed by atoms with Crippen LogP contribution in [0.5, 0.6) is 11.6 Å². The summed E-state index contributed by atoms with van der Waals surface area (Å²) in [5, 5.41) is 3.17. The highest BCUT2D eigenvalue weighted by Gasteiger charge is 2.12. The molecule has 6 nitrogen and oxygen atoms in total. The first-order chi connectivity index (χ1) is 10.6. The molecule has 0 spiro atoms. The number of anilines is 2. The molecule has 0 saturated heterocycles. The predicted molar refractivity (Wildman–Crippen MR) is 87.3 cm³/mol. The maximum Gasteiger partial charge on any atom is 0.248 e. The van der Waals surface area contributed by atoms with Crippen LogP contribution in [0.1, 0.15) is 19.4 Å². The van der Waals surface area contributed by atoms with Gasteiger partial charge in [-0.3, -0.25) is 0 Å². The summed E-state index contributed by atoms with van der Waals surface area (Å²) in [6, 6.07) is 7.93. The number of benzene rings is 1. The molecular formula is C16H22N4O2. The smallest absolute Gasteiger partial charge is 0.248 e. The van der Waals surface area contributed by atoms with Crippen LogP contribution in [0.3, 0.4) is 0 Å². The number of ether oxygens (including phenoxy) is 2. The van der Waals surface area contributed by atoms with Crippen molar-refractivity contribution < 1.29 is 9.47 Å².